The third-order valence-corrected chi connectivity index (χ3v) is 11.3. The molecule has 0 bridgehead atoms. The highest BCUT2D eigenvalue weighted by molar-refractivity contribution is 8.00. The van der Waals surface area contributed by atoms with E-state index < -0.39 is 9.99 Å². The Balaban J connectivity index is 1.76. The van der Waals surface area contributed by atoms with Gasteiger partial charge in [-0.1, -0.05) is 51.1 Å². The van der Waals surface area contributed by atoms with Gasteiger partial charge in [0.25, 0.3) is 5.66 Å². The number of aromatic nitrogens is 2. The minimum atomic E-state index is -1.79. The maximum atomic E-state index is 12.0. The first-order valence-electron chi connectivity index (χ1n) is 16.8. The fourth-order valence-electron chi connectivity index (χ4n) is 8.08. The molecule has 3 heterocycles. The number of benzene rings is 4. The Morgan fingerprint density at radius 2 is 1.10 bits per heavy atom. The summed E-state index contributed by atoms with van der Waals surface area (Å²) in [5, 5.41) is 57.8. The van der Waals surface area contributed by atoms with E-state index in [0.29, 0.717) is 35.3 Å². The zero-order valence-corrected chi connectivity index (χ0v) is 30.8. The Kier molecular flexibility index (Phi) is 7.97. The second-order valence-electron chi connectivity index (χ2n) is 13.3. The number of rotatable bonds is 7. The summed E-state index contributed by atoms with van der Waals surface area (Å²) in [5.41, 5.74) is 5.51. The molecular formula is C39H42N5O4S2+. The van der Waals surface area contributed by atoms with Crippen LogP contribution in [0.5, 0.6) is 23.0 Å². The van der Waals surface area contributed by atoms with Gasteiger partial charge in [0, 0.05) is 84.7 Å². The molecule has 1 aliphatic heterocycles. The lowest BCUT2D eigenvalue weighted by atomic mass is 9.82. The SMILES string of the molecule is CCc1cc(C2(c3cc(CC)c(O)cc3O)N=NC(S)(S)[N+]2(c2ccc3c(c2)c(C)cn3C)c2ccc3c(c2)c(CC)cn3C)c(O)cc1O. The van der Waals surface area contributed by atoms with Crippen molar-refractivity contribution in [1.82, 2.24) is 13.6 Å². The number of aryl methyl sites for hydroxylation is 6. The lowest BCUT2D eigenvalue weighted by Crippen LogP contribution is -2.64. The summed E-state index contributed by atoms with van der Waals surface area (Å²) in [5.74, 6) is -0.636. The zero-order valence-electron chi connectivity index (χ0n) is 29.0. The normalized spacial score (nSPS) is 18.1. The molecule has 6 aromatic rings. The quantitative estimate of drug-likeness (QED) is 0.0565. The molecule has 1 aliphatic rings. The Bertz CT molecular complexity index is 2320. The van der Waals surface area contributed by atoms with E-state index in [1.165, 1.54) is 12.1 Å². The van der Waals surface area contributed by atoms with Crippen molar-refractivity contribution in [3.8, 4) is 23.0 Å². The van der Waals surface area contributed by atoms with Gasteiger partial charge in [-0.2, -0.15) is 4.48 Å². The van der Waals surface area contributed by atoms with Crippen LogP contribution in [-0.2, 0) is 39.0 Å². The smallest absolute Gasteiger partial charge is 0.314 e. The Morgan fingerprint density at radius 1 is 0.620 bits per heavy atom. The van der Waals surface area contributed by atoms with Gasteiger partial charge in [-0.3, -0.25) is 0 Å². The van der Waals surface area contributed by atoms with Gasteiger partial charge in [0.1, 0.15) is 34.4 Å². The van der Waals surface area contributed by atoms with Gasteiger partial charge in [-0.15, -0.1) is 5.11 Å². The zero-order chi connectivity index (χ0) is 35.9. The summed E-state index contributed by atoms with van der Waals surface area (Å²) in [6.45, 7) is 8.00. The molecule has 11 heteroatoms. The summed E-state index contributed by atoms with van der Waals surface area (Å²) in [6, 6.07) is 18.4. The highest BCUT2D eigenvalue weighted by atomic mass is 32.2. The Hall–Kier alpha value is -4.58. The summed E-state index contributed by atoms with van der Waals surface area (Å²) in [6.07, 6.45) is 5.89. The van der Waals surface area contributed by atoms with Crippen LogP contribution in [-0.4, -0.2) is 33.9 Å². The fourth-order valence-corrected chi connectivity index (χ4v) is 8.92. The number of quaternary nitrogens is 1. The van der Waals surface area contributed by atoms with E-state index in [0.717, 1.165) is 39.4 Å². The van der Waals surface area contributed by atoms with Gasteiger partial charge in [0.05, 0.1) is 11.1 Å². The van der Waals surface area contributed by atoms with E-state index in [1.807, 2.05) is 46.1 Å². The van der Waals surface area contributed by atoms with Gasteiger partial charge in [0.15, 0.2) is 0 Å². The second-order valence-corrected chi connectivity index (χ2v) is 14.9. The fraction of sp³-hybridized carbons (Fsp3) is 0.282. The molecule has 0 saturated heterocycles. The standard InChI is InChI=1S/C39H41N5O4S2/c1-7-23-14-30(36(47)18-34(23)45)38(31-15-24(8-2)35(46)19-37(31)48)40-41-39(49,50)44(38,26-10-12-32-28(16-26)22(4)20-42(32)5)27-11-13-33-29(17-27)25(9-3)21-43(33)6/h10-21H,7-9H2,1-6H3,(H5-,45,46,47,48,49,50)/p+1. The Labute approximate surface area is 302 Å². The first-order chi connectivity index (χ1) is 23.7. The average Bonchev–Trinajstić information content (AvgIpc) is 3.65. The molecule has 0 spiro atoms. The number of thiol groups is 2. The highest BCUT2D eigenvalue weighted by Crippen LogP contribution is 2.66. The van der Waals surface area contributed by atoms with Crippen molar-refractivity contribution < 1.29 is 20.4 Å². The van der Waals surface area contributed by atoms with Gasteiger partial charge in [0.2, 0.25) is 0 Å². The molecule has 0 fully saturated rings. The minimum Gasteiger partial charge on any atom is -0.508 e. The number of fused-ring (bicyclic) bond motifs is 2. The number of aromatic hydroxyl groups is 4. The molecule has 1 atom stereocenters. The number of phenolic OH excluding ortho intramolecular Hbond substituents is 4. The van der Waals surface area contributed by atoms with E-state index in [2.05, 4.69) is 53.6 Å². The molecule has 9 nitrogen and oxygen atoms in total. The van der Waals surface area contributed by atoms with Crippen molar-refractivity contribution in [2.24, 2.45) is 24.3 Å². The summed E-state index contributed by atoms with van der Waals surface area (Å²) in [7, 11) is 4.02. The van der Waals surface area contributed by atoms with Gasteiger partial charge in [-0.05, 0) is 72.7 Å². The molecule has 2 aromatic heterocycles. The van der Waals surface area contributed by atoms with Crippen molar-refractivity contribution in [2.45, 2.75) is 56.9 Å². The molecule has 0 radical (unpaired) electrons. The first-order valence-corrected chi connectivity index (χ1v) is 17.7. The van der Waals surface area contributed by atoms with Gasteiger partial charge >= 0.3 is 4.33 Å². The van der Waals surface area contributed by atoms with Crippen LogP contribution < -0.4 is 4.48 Å². The van der Waals surface area contributed by atoms with E-state index in [-0.39, 0.29) is 38.6 Å². The predicted molar refractivity (Wildman–Crippen MR) is 206 cm³/mol. The lowest BCUT2D eigenvalue weighted by Gasteiger charge is -2.50. The van der Waals surface area contributed by atoms with Crippen molar-refractivity contribution in [3.05, 3.63) is 106 Å². The van der Waals surface area contributed by atoms with Crippen molar-refractivity contribution in [3.63, 3.8) is 0 Å². The van der Waals surface area contributed by atoms with Crippen LogP contribution in [0.4, 0.5) is 11.4 Å². The van der Waals surface area contributed by atoms with Crippen molar-refractivity contribution in [1.29, 1.82) is 0 Å². The van der Waals surface area contributed by atoms with Crippen LogP contribution >= 0.6 is 25.3 Å². The minimum absolute atomic E-state index is 0.0660. The molecule has 50 heavy (non-hydrogen) atoms. The molecule has 0 amide bonds. The summed E-state index contributed by atoms with van der Waals surface area (Å²) < 4.78 is 2.18. The third kappa shape index (κ3) is 4.46. The van der Waals surface area contributed by atoms with E-state index in [4.69, 9.17) is 35.5 Å². The molecule has 4 N–H and O–H groups in total. The second kappa shape index (κ2) is 11.8. The van der Waals surface area contributed by atoms with Gasteiger partial charge < -0.3 is 29.6 Å². The van der Waals surface area contributed by atoms with Crippen LogP contribution in [0.1, 0.15) is 54.2 Å². The third-order valence-electron chi connectivity index (χ3n) is 10.6. The van der Waals surface area contributed by atoms with Crippen LogP contribution in [0, 0.1) is 6.92 Å². The van der Waals surface area contributed by atoms with Crippen LogP contribution in [0.15, 0.2) is 83.3 Å². The summed E-state index contributed by atoms with van der Waals surface area (Å²) in [4.78, 5) is 0. The predicted octanol–water partition coefficient (Wildman–Crippen LogP) is 8.97. The highest BCUT2D eigenvalue weighted by Gasteiger charge is 2.72. The largest absolute Gasteiger partial charge is 0.508 e. The van der Waals surface area contributed by atoms with Crippen LogP contribution in [0.3, 0.4) is 0 Å². The molecule has 1 unspecified atom stereocenters. The van der Waals surface area contributed by atoms with Crippen LogP contribution in [0.25, 0.3) is 21.8 Å². The van der Waals surface area contributed by atoms with E-state index >= 15 is 0 Å². The molecule has 7 rings (SSSR count). The molecule has 0 aliphatic carbocycles. The number of hydrogen-bond donors (Lipinski definition) is 6. The lowest BCUT2D eigenvalue weighted by molar-refractivity contribution is 0.218. The molecular weight excluding hydrogens is 667 g/mol. The topological polar surface area (TPSA) is 116 Å². The summed E-state index contributed by atoms with van der Waals surface area (Å²) >= 11 is 10.5. The molecule has 0 saturated carbocycles. The number of nitrogens with zero attached hydrogens (tertiary/aromatic N) is 5. The number of azo groups is 1. The van der Waals surface area contributed by atoms with E-state index in [1.54, 1.807) is 12.1 Å². The number of phenols is 4. The Morgan fingerprint density at radius 3 is 1.62 bits per heavy atom. The first kappa shape index (κ1) is 33.9. The van der Waals surface area contributed by atoms with Gasteiger partial charge in [-0.25, -0.2) is 0 Å². The monoisotopic (exact) mass is 708 g/mol. The van der Waals surface area contributed by atoms with Crippen molar-refractivity contribution >= 4 is 58.4 Å². The van der Waals surface area contributed by atoms with Crippen molar-refractivity contribution in [2.75, 3.05) is 0 Å². The maximum absolute atomic E-state index is 12.0. The average molecular weight is 709 g/mol. The molecule has 258 valence electrons. The maximum Gasteiger partial charge on any atom is 0.314 e. The molecule has 4 aromatic carbocycles. The van der Waals surface area contributed by atoms with E-state index in [9.17, 15) is 20.4 Å². The van der Waals surface area contributed by atoms with Crippen LogP contribution in [0.2, 0.25) is 0 Å². The number of hydrogen-bond acceptors (Lipinski definition) is 8.